The van der Waals surface area contributed by atoms with Gasteiger partial charge in [0, 0.05) is 25.4 Å². The Labute approximate surface area is 126 Å². The van der Waals surface area contributed by atoms with Gasteiger partial charge in [0.25, 0.3) is 10.0 Å². The van der Waals surface area contributed by atoms with Crippen molar-refractivity contribution in [3.05, 3.63) is 0 Å². The lowest BCUT2D eigenvalue weighted by Gasteiger charge is -2.35. The van der Waals surface area contributed by atoms with Crippen molar-refractivity contribution in [2.24, 2.45) is 0 Å². The van der Waals surface area contributed by atoms with E-state index in [1.165, 1.54) is 11.2 Å². The molecule has 0 radical (unpaired) electrons. The van der Waals surface area contributed by atoms with Crippen LogP contribution >= 0.6 is 22.9 Å². The Kier molecular flexibility index (Phi) is 4.95. The molecule has 1 heterocycles. The van der Waals surface area contributed by atoms with Crippen LogP contribution in [-0.2, 0) is 14.8 Å². The Hall–Kier alpha value is -0.770. The zero-order valence-electron chi connectivity index (χ0n) is 10.9. The van der Waals surface area contributed by atoms with E-state index in [0.29, 0.717) is 0 Å². The topological polar surface area (TPSA) is 92.3 Å². The summed E-state index contributed by atoms with van der Waals surface area (Å²) in [6.45, 7) is 1.58. The summed E-state index contributed by atoms with van der Waals surface area (Å²) < 4.78 is 26.3. The van der Waals surface area contributed by atoms with Crippen molar-refractivity contribution in [3.8, 4) is 0 Å². The summed E-state index contributed by atoms with van der Waals surface area (Å²) in [6.07, 6.45) is 2.70. The quantitative estimate of drug-likeness (QED) is 0.623. The SMILES string of the molecule is CC(=O)Nc1nnc(S(=O)(=O)N(CCCl)C2CCC2)s1. The summed E-state index contributed by atoms with van der Waals surface area (Å²) in [5, 5.41) is 9.93. The van der Waals surface area contributed by atoms with E-state index in [-0.39, 0.29) is 33.8 Å². The Bertz CT molecular complexity index is 585. The first-order chi connectivity index (χ1) is 9.45. The van der Waals surface area contributed by atoms with Crippen molar-refractivity contribution < 1.29 is 13.2 Å². The molecule has 2 rings (SSSR count). The number of carbonyl (C=O) groups is 1. The van der Waals surface area contributed by atoms with Gasteiger partial charge < -0.3 is 5.32 Å². The number of alkyl halides is 1. The van der Waals surface area contributed by atoms with Crippen molar-refractivity contribution in [3.63, 3.8) is 0 Å². The van der Waals surface area contributed by atoms with Gasteiger partial charge in [-0.1, -0.05) is 17.8 Å². The second-order valence-electron chi connectivity index (χ2n) is 4.44. The normalized spacial score (nSPS) is 16.1. The van der Waals surface area contributed by atoms with Crippen LogP contribution in [0.25, 0.3) is 0 Å². The number of sulfonamides is 1. The van der Waals surface area contributed by atoms with Gasteiger partial charge in [0.05, 0.1) is 0 Å². The van der Waals surface area contributed by atoms with Crippen LogP contribution in [0.15, 0.2) is 4.34 Å². The summed E-state index contributed by atoms with van der Waals surface area (Å²) in [7, 11) is -3.70. The third kappa shape index (κ3) is 3.27. The minimum atomic E-state index is -3.70. The highest BCUT2D eigenvalue weighted by Crippen LogP contribution is 2.31. The number of rotatable bonds is 6. The lowest BCUT2D eigenvalue weighted by atomic mass is 9.93. The monoisotopic (exact) mass is 338 g/mol. The summed E-state index contributed by atoms with van der Waals surface area (Å²) in [5.74, 6) is -0.0886. The van der Waals surface area contributed by atoms with Gasteiger partial charge in [0.1, 0.15) is 0 Å². The molecule has 0 aromatic carbocycles. The first kappa shape index (κ1) is 15.6. The smallest absolute Gasteiger partial charge is 0.272 e. The fourth-order valence-corrected chi connectivity index (χ4v) is 4.90. The lowest BCUT2D eigenvalue weighted by molar-refractivity contribution is -0.114. The molecule has 0 bridgehead atoms. The molecule has 1 aliphatic rings. The van der Waals surface area contributed by atoms with Gasteiger partial charge in [-0.3, -0.25) is 4.79 Å². The summed E-state index contributed by atoms with van der Waals surface area (Å²) >= 11 is 6.54. The van der Waals surface area contributed by atoms with Crippen LogP contribution in [-0.4, -0.2) is 47.3 Å². The molecule has 0 spiro atoms. The molecule has 1 saturated carbocycles. The number of amides is 1. The maximum atomic E-state index is 12.5. The molecule has 10 heteroatoms. The zero-order chi connectivity index (χ0) is 14.8. The van der Waals surface area contributed by atoms with Gasteiger partial charge in [0.2, 0.25) is 15.4 Å². The average molecular weight is 339 g/mol. The van der Waals surface area contributed by atoms with Crippen molar-refractivity contribution in [2.45, 2.75) is 36.6 Å². The van der Waals surface area contributed by atoms with Gasteiger partial charge in [-0.05, 0) is 12.8 Å². The molecule has 7 nitrogen and oxygen atoms in total. The summed E-state index contributed by atoms with van der Waals surface area (Å²) in [5.41, 5.74) is 0. The van der Waals surface area contributed by atoms with Crippen LogP contribution in [0.2, 0.25) is 0 Å². The molecule has 0 atom stereocenters. The third-order valence-corrected chi connectivity index (χ3v) is 6.31. The summed E-state index contributed by atoms with van der Waals surface area (Å²) in [4.78, 5) is 10.9. The van der Waals surface area contributed by atoms with Crippen molar-refractivity contribution in [1.29, 1.82) is 0 Å². The van der Waals surface area contributed by atoms with Crippen molar-refractivity contribution in [1.82, 2.24) is 14.5 Å². The predicted molar refractivity (Wildman–Crippen MR) is 76.5 cm³/mol. The number of hydrogen-bond acceptors (Lipinski definition) is 6. The Morgan fingerprint density at radius 2 is 2.20 bits per heavy atom. The Morgan fingerprint density at radius 1 is 1.50 bits per heavy atom. The highest BCUT2D eigenvalue weighted by Gasteiger charge is 2.36. The van der Waals surface area contributed by atoms with Gasteiger partial charge in [-0.25, -0.2) is 8.42 Å². The maximum Gasteiger partial charge on any atom is 0.272 e. The highest BCUT2D eigenvalue weighted by atomic mass is 35.5. The number of halogens is 1. The molecule has 1 N–H and O–H groups in total. The van der Waals surface area contributed by atoms with Crippen LogP contribution in [0, 0.1) is 0 Å². The molecule has 1 aliphatic carbocycles. The van der Waals surface area contributed by atoms with Crippen LogP contribution in [0.4, 0.5) is 5.13 Å². The van der Waals surface area contributed by atoms with E-state index >= 15 is 0 Å². The van der Waals surface area contributed by atoms with E-state index in [9.17, 15) is 13.2 Å². The number of nitrogens with one attached hydrogen (secondary N) is 1. The minimum Gasteiger partial charge on any atom is -0.301 e. The first-order valence-electron chi connectivity index (χ1n) is 6.14. The zero-order valence-corrected chi connectivity index (χ0v) is 13.3. The number of nitrogens with zero attached hydrogens (tertiary/aromatic N) is 3. The molecule has 20 heavy (non-hydrogen) atoms. The lowest BCUT2D eigenvalue weighted by Crippen LogP contribution is -2.45. The molecule has 1 amide bonds. The molecule has 112 valence electrons. The molecule has 0 unspecified atom stereocenters. The largest absolute Gasteiger partial charge is 0.301 e. The number of carbonyl (C=O) groups excluding carboxylic acids is 1. The van der Waals surface area contributed by atoms with Crippen LogP contribution < -0.4 is 5.32 Å². The summed E-state index contributed by atoms with van der Waals surface area (Å²) in [6, 6.07) is -0.00753. The van der Waals surface area contributed by atoms with Crippen LogP contribution in [0.3, 0.4) is 0 Å². The third-order valence-electron chi connectivity index (χ3n) is 3.01. The van der Waals surface area contributed by atoms with Gasteiger partial charge in [-0.2, -0.15) is 4.31 Å². The van der Waals surface area contributed by atoms with Gasteiger partial charge in [-0.15, -0.1) is 21.8 Å². The number of aromatic nitrogens is 2. The fourth-order valence-electron chi connectivity index (χ4n) is 1.87. The van der Waals surface area contributed by atoms with E-state index in [2.05, 4.69) is 15.5 Å². The molecule has 1 fully saturated rings. The van der Waals surface area contributed by atoms with E-state index < -0.39 is 10.0 Å². The first-order valence-corrected chi connectivity index (χ1v) is 8.93. The molecule has 0 saturated heterocycles. The Morgan fingerprint density at radius 3 is 2.70 bits per heavy atom. The molecular formula is C10H15ClN4O3S2. The molecule has 0 aliphatic heterocycles. The van der Waals surface area contributed by atoms with Gasteiger partial charge >= 0.3 is 0 Å². The molecule has 1 aromatic rings. The van der Waals surface area contributed by atoms with E-state index in [0.717, 1.165) is 30.6 Å². The van der Waals surface area contributed by atoms with Crippen LogP contribution in [0.5, 0.6) is 0 Å². The standard InChI is InChI=1S/C10H15ClN4O3S2/c1-7(16)12-9-13-14-10(19-9)20(17,18)15(6-5-11)8-3-2-4-8/h8H,2-6H2,1H3,(H,12,13,16). The van der Waals surface area contributed by atoms with E-state index in [1.54, 1.807) is 0 Å². The minimum absolute atomic E-state index is 0.00753. The van der Waals surface area contributed by atoms with Gasteiger partial charge in [0.15, 0.2) is 0 Å². The van der Waals surface area contributed by atoms with Crippen LogP contribution in [0.1, 0.15) is 26.2 Å². The second kappa shape index (κ2) is 6.33. The Balaban J connectivity index is 2.22. The van der Waals surface area contributed by atoms with E-state index in [1.807, 2.05) is 0 Å². The highest BCUT2D eigenvalue weighted by molar-refractivity contribution is 7.91. The second-order valence-corrected chi connectivity index (χ2v) is 7.86. The number of anilines is 1. The van der Waals surface area contributed by atoms with E-state index in [4.69, 9.17) is 11.6 Å². The predicted octanol–water partition coefficient (Wildman–Crippen LogP) is 1.28. The molecular weight excluding hydrogens is 324 g/mol. The maximum absolute atomic E-state index is 12.5. The van der Waals surface area contributed by atoms with Crippen molar-refractivity contribution >= 4 is 44.0 Å². The average Bonchev–Trinajstić information content (AvgIpc) is 2.74. The number of hydrogen-bond donors (Lipinski definition) is 1. The van der Waals surface area contributed by atoms with Crippen molar-refractivity contribution in [2.75, 3.05) is 17.7 Å². The fraction of sp³-hybridized carbons (Fsp3) is 0.700. The molecule has 1 aromatic heterocycles.